The number of aromatic nitrogens is 2. The molecule has 0 saturated heterocycles. The summed E-state index contributed by atoms with van der Waals surface area (Å²) in [5.74, 6) is -0.520. The number of carbonyl (C=O) groups excluding carboxylic acids is 1. The van der Waals surface area contributed by atoms with Crippen molar-refractivity contribution in [2.24, 2.45) is 0 Å². The van der Waals surface area contributed by atoms with Crippen molar-refractivity contribution in [3.05, 3.63) is 29.0 Å². The summed E-state index contributed by atoms with van der Waals surface area (Å²) in [5.41, 5.74) is 0.462. The highest BCUT2D eigenvalue weighted by molar-refractivity contribution is 8.03. The first-order chi connectivity index (χ1) is 9.58. The van der Waals surface area contributed by atoms with Gasteiger partial charge in [-0.05, 0) is 24.5 Å². The van der Waals surface area contributed by atoms with Crippen molar-refractivity contribution in [3.63, 3.8) is 0 Å². The summed E-state index contributed by atoms with van der Waals surface area (Å²) in [6.07, 6.45) is 1.92. The summed E-state index contributed by atoms with van der Waals surface area (Å²) in [4.78, 5) is 11.7. The molecule has 0 radical (unpaired) electrons. The average Bonchev–Trinajstić information content (AvgIpc) is 2.89. The van der Waals surface area contributed by atoms with E-state index >= 15 is 0 Å². The SMILES string of the molecule is CSc1nnc(SCC(=O)Nc2ccc(F)c(Cl)c2)s1. The molecule has 0 spiro atoms. The zero-order chi connectivity index (χ0) is 14.5. The highest BCUT2D eigenvalue weighted by atomic mass is 35.5. The highest BCUT2D eigenvalue weighted by Gasteiger charge is 2.09. The first-order valence-corrected chi connectivity index (χ1v) is 8.74. The van der Waals surface area contributed by atoms with Gasteiger partial charge in [0, 0.05) is 5.69 Å². The zero-order valence-corrected chi connectivity index (χ0v) is 13.4. The maximum absolute atomic E-state index is 13.0. The number of thioether (sulfide) groups is 2. The summed E-state index contributed by atoms with van der Waals surface area (Å²) < 4.78 is 14.6. The molecule has 1 heterocycles. The van der Waals surface area contributed by atoms with Crippen molar-refractivity contribution in [3.8, 4) is 0 Å². The van der Waals surface area contributed by atoms with E-state index in [4.69, 9.17) is 11.6 Å². The molecule has 0 aliphatic carbocycles. The van der Waals surface area contributed by atoms with Gasteiger partial charge in [-0.2, -0.15) is 0 Å². The summed E-state index contributed by atoms with van der Waals surface area (Å²) in [6, 6.07) is 4.04. The minimum Gasteiger partial charge on any atom is -0.325 e. The number of anilines is 1. The van der Waals surface area contributed by atoms with Gasteiger partial charge in [-0.25, -0.2) is 4.39 Å². The minimum absolute atomic E-state index is 0.0239. The summed E-state index contributed by atoms with van der Waals surface area (Å²) in [5, 5.41) is 10.5. The van der Waals surface area contributed by atoms with Crippen molar-refractivity contribution in [1.82, 2.24) is 10.2 Å². The van der Waals surface area contributed by atoms with Gasteiger partial charge in [0.05, 0.1) is 10.8 Å². The van der Waals surface area contributed by atoms with Gasteiger partial charge >= 0.3 is 0 Å². The van der Waals surface area contributed by atoms with Crippen LogP contribution in [-0.2, 0) is 4.79 Å². The smallest absolute Gasteiger partial charge is 0.234 e. The fourth-order valence-electron chi connectivity index (χ4n) is 1.24. The third-order valence-corrected chi connectivity index (χ3v) is 5.41. The summed E-state index contributed by atoms with van der Waals surface area (Å²) in [6.45, 7) is 0. The lowest BCUT2D eigenvalue weighted by Crippen LogP contribution is -2.13. The van der Waals surface area contributed by atoms with Crippen molar-refractivity contribution in [2.75, 3.05) is 17.3 Å². The van der Waals surface area contributed by atoms with Crippen molar-refractivity contribution >= 4 is 58.1 Å². The minimum atomic E-state index is -0.516. The Balaban J connectivity index is 1.87. The number of hydrogen-bond acceptors (Lipinski definition) is 6. The topological polar surface area (TPSA) is 54.9 Å². The molecule has 106 valence electrons. The van der Waals surface area contributed by atoms with Crippen LogP contribution < -0.4 is 5.32 Å². The van der Waals surface area contributed by atoms with Crippen LogP contribution in [0.3, 0.4) is 0 Å². The van der Waals surface area contributed by atoms with Gasteiger partial charge in [-0.3, -0.25) is 4.79 Å². The monoisotopic (exact) mass is 349 g/mol. The van der Waals surface area contributed by atoms with E-state index in [1.54, 1.807) is 0 Å². The van der Waals surface area contributed by atoms with Crippen LogP contribution >= 0.6 is 46.5 Å². The molecule has 0 fully saturated rings. The van der Waals surface area contributed by atoms with Gasteiger partial charge in [0.2, 0.25) is 5.91 Å². The quantitative estimate of drug-likeness (QED) is 0.832. The van der Waals surface area contributed by atoms with E-state index in [9.17, 15) is 9.18 Å². The molecule has 20 heavy (non-hydrogen) atoms. The highest BCUT2D eigenvalue weighted by Crippen LogP contribution is 2.27. The molecule has 0 atom stereocenters. The molecule has 0 saturated carbocycles. The Morgan fingerprint density at radius 2 is 2.20 bits per heavy atom. The number of carbonyl (C=O) groups is 1. The number of nitrogens with one attached hydrogen (secondary N) is 1. The third kappa shape index (κ3) is 4.34. The summed E-state index contributed by atoms with van der Waals surface area (Å²) >= 11 is 9.89. The number of rotatable bonds is 5. The van der Waals surface area contributed by atoms with E-state index in [0.29, 0.717) is 5.69 Å². The second kappa shape index (κ2) is 7.26. The summed E-state index contributed by atoms with van der Waals surface area (Å²) in [7, 11) is 0. The van der Waals surface area contributed by atoms with E-state index in [2.05, 4.69) is 15.5 Å². The maximum atomic E-state index is 13.0. The van der Waals surface area contributed by atoms with Gasteiger partial charge in [0.25, 0.3) is 0 Å². The Kier molecular flexibility index (Phi) is 5.64. The largest absolute Gasteiger partial charge is 0.325 e. The van der Waals surface area contributed by atoms with E-state index < -0.39 is 5.82 Å². The molecule has 0 aliphatic rings. The number of benzene rings is 1. The molecule has 0 unspecified atom stereocenters. The Bertz CT molecular complexity index is 623. The Hall–Kier alpha value is -0.830. The van der Waals surface area contributed by atoms with Gasteiger partial charge in [0.15, 0.2) is 8.68 Å². The third-order valence-electron chi connectivity index (χ3n) is 2.09. The molecule has 1 aromatic heterocycles. The van der Waals surface area contributed by atoms with Crippen molar-refractivity contribution in [1.29, 1.82) is 0 Å². The van der Waals surface area contributed by atoms with Crippen LogP contribution in [0.4, 0.5) is 10.1 Å². The van der Waals surface area contributed by atoms with E-state index in [-0.39, 0.29) is 16.7 Å². The van der Waals surface area contributed by atoms with Crippen LogP contribution in [0.5, 0.6) is 0 Å². The Labute approximate surface area is 132 Å². The normalized spacial score (nSPS) is 10.6. The van der Waals surface area contributed by atoms with Gasteiger partial charge < -0.3 is 5.32 Å². The predicted octanol–water partition coefficient (Wildman–Crippen LogP) is 3.78. The fraction of sp³-hybridized carbons (Fsp3) is 0.182. The van der Waals surface area contributed by atoms with Crippen LogP contribution in [0, 0.1) is 5.82 Å². The molecule has 1 N–H and O–H groups in total. The standard InChI is InChI=1S/C11H9ClFN3OS3/c1-18-10-15-16-11(20-10)19-5-9(17)14-6-2-3-8(13)7(12)4-6/h2-4H,5H2,1H3,(H,14,17). The molecule has 9 heteroatoms. The van der Waals surface area contributed by atoms with Gasteiger partial charge in [-0.1, -0.05) is 46.5 Å². The van der Waals surface area contributed by atoms with Gasteiger partial charge in [-0.15, -0.1) is 10.2 Å². The molecule has 4 nitrogen and oxygen atoms in total. The molecule has 1 aromatic carbocycles. The van der Waals surface area contributed by atoms with E-state index in [1.807, 2.05) is 6.26 Å². The maximum Gasteiger partial charge on any atom is 0.234 e. The first kappa shape index (κ1) is 15.6. The zero-order valence-electron chi connectivity index (χ0n) is 10.2. The number of amides is 1. The molecular weight excluding hydrogens is 341 g/mol. The van der Waals surface area contributed by atoms with E-state index in [1.165, 1.54) is 53.1 Å². The first-order valence-electron chi connectivity index (χ1n) is 5.33. The van der Waals surface area contributed by atoms with Crippen LogP contribution in [0.25, 0.3) is 0 Å². The fourth-order valence-corrected chi connectivity index (χ4v) is 3.65. The second-order valence-corrected chi connectivity index (χ2v) is 7.16. The van der Waals surface area contributed by atoms with Crippen molar-refractivity contribution < 1.29 is 9.18 Å². The second-order valence-electron chi connectivity index (χ2n) is 3.50. The Morgan fingerprint density at radius 3 is 2.85 bits per heavy atom. The van der Waals surface area contributed by atoms with Gasteiger partial charge in [0.1, 0.15) is 5.82 Å². The predicted molar refractivity (Wildman–Crippen MR) is 82.5 cm³/mol. The Morgan fingerprint density at radius 1 is 1.45 bits per heavy atom. The van der Waals surface area contributed by atoms with Crippen LogP contribution in [0.1, 0.15) is 0 Å². The van der Waals surface area contributed by atoms with Crippen LogP contribution in [0.2, 0.25) is 5.02 Å². The van der Waals surface area contributed by atoms with Crippen molar-refractivity contribution in [2.45, 2.75) is 8.68 Å². The number of hydrogen-bond donors (Lipinski definition) is 1. The molecule has 2 aromatic rings. The number of nitrogens with zero attached hydrogens (tertiary/aromatic N) is 2. The van der Waals surface area contributed by atoms with Crippen LogP contribution in [0.15, 0.2) is 26.9 Å². The van der Waals surface area contributed by atoms with E-state index in [0.717, 1.165) is 8.68 Å². The lowest BCUT2D eigenvalue weighted by Gasteiger charge is -2.04. The number of halogens is 2. The average molecular weight is 350 g/mol. The molecule has 0 bridgehead atoms. The van der Waals surface area contributed by atoms with Crippen LogP contribution in [-0.4, -0.2) is 28.1 Å². The molecule has 2 rings (SSSR count). The lowest BCUT2D eigenvalue weighted by molar-refractivity contribution is -0.113. The molecule has 0 aliphatic heterocycles. The molecular formula is C11H9ClFN3OS3. The molecule has 1 amide bonds. The lowest BCUT2D eigenvalue weighted by atomic mass is 10.3.